The van der Waals surface area contributed by atoms with Gasteiger partial charge in [-0.2, -0.15) is 0 Å². The van der Waals surface area contributed by atoms with Crippen molar-refractivity contribution >= 4 is 12.0 Å². The van der Waals surface area contributed by atoms with Gasteiger partial charge in [-0.15, -0.1) is 0 Å². The molecule has 0 spiro atoms. The van der Waals surface area contributed by atoms with Crippen molar-refractivity contribution in [3.63, 3.8) is 0 Å². The Morgan fingerprint density at radius 3 is 2.44 bits per heavy atom. The number of hydrogen-bond donors (Lipinski definition) is 7. The summed E-state index contributed by atoms with van der Waals surface area (Å²) in [5, 5.41) is 69.1. The molecule has 7 N–H and O–H groups in total. The number of phenolic OH excluding ortho intramolecular Hbond substituents is 1. The first-order valence-corrected chi connectivity index (χ1v) is 10.3. The first-order valence-electron chi connectivity index (χ1n) is 10.3. The maximum absolute atomic E-state index is 12.2. The minimum absolute atomic E-state index is 0.0846. The minimum Gasteiger partial charge on any atom is -0.504 e. The fraction of sp³-hybridized carbons (Fsp3) is 0.571. The number of rotatable bonds is 7. The minimum atomic E-state index is -1.77. The normalized spacial score (nSPS) is 36.4. The third-order valence-corrected chi connectivity index (χ3v) is 5.40. The highest BCUT2D eigenvalue weighted by molar-refractivity contribution is 5.87. The summed E-state index contributed by atoms with van der Waals surface area (Å²) in [6, 6.07) is 4.35. The van der Waals surface area contributed by atoms with Gasteiger partial charge in [-0.3, -0.25) is 0 Å². The zero-order valence-corrected chi connectivity index (χ0v) is 18.1. The Morgan fingerprint density at radius 2 is 1.74 bits per heavy atom. The van der Waals surface area contributed by atoms with Gasteiger partial charge in [-0.1, -0.05) is 6.07 Å². The molecule has 9 unspecified atom stereocenters. The summed E-state index contributed by atoms with van der Waals surface area (Å²) in [6.45, 7) is -0.787. The molecule has 2 aliphatic heterocycles. The number of esters is 1. The van der Waals surface area contributed by atoms with E-state index < -0.39 is 67.9 Å². The molecule has 9 atom stereocenters. The second kappa shape index (κ2) is 11.4. The predicted molar refractivity (Wildman–Crippen MR) is 110 cm³/mol. The van der Waals surface area contributed by atoms with Crippen LogP contribution in [-0.2, 0) is 23.7 Å². The lowest BCUT2D eigenvalue weighted by Gasteiger charge is -2.41. The Labute approximate surface area is 193 Å². The van der Waals surface area contributed by atoms with Crippen LogP contribution in [0.2, 0.25) is 0 Å². The van der Waals surface area contributed by atoms with Crippen molar-refractivity contribution in [2.24, 2.45) is 0 Å². The molecule has 34 heavy (non-hydrogen) atoms. The van der Waals surface area contributed by atoms with Crippen molar-refractivity contribution in [2.45, 2.75) is 55.3 Å². The number of aliphatic hydroxyl groups excluding tert-OH is 6. The molecule has 0 bridgehead atoms. The lowest BCUT2D eigenvalue weighted by Crippen LogP contribution is -2.60. The summed E-state index contributed by atoms with van der Waals surface area (Å²) >= 11 is 0. The third-order valence-electron chi connectivity index (χ3n) is 5.40. The fourth-order valence-corrected chi connectivity index (χ4v) is 3.38. The summed E-state index contributed by atoms with van der Waals surface area (Å²) < 4.78 is 25.8. The quantitative estimate of drug-likeness (QED) is 0.153. The van der Waals surface area contributed by atoms with E-state index in [0.717, 1.165) is 6.08 Å². The van der Waals surface area contributed by atoms with Crippen LogP contribution in [0.4, 0.5) is 0 Å². The molecule has 0 aliphatic carbocycles. The van der Waals surface area contributed by atoms with Crippen LogP contribution < -0.4 is 4.74 Å². The molecule has 0 radical (unpaired) electrons. The maximum atomic E-state index is 12.2. The molecule has 0 saturated carbocycles. The summed E-state index contributed by atoms with van der Waals surface area (Å²) in [5.74, 6) is -0.836. The van der Waals surface area contributed by atoms with Gasteiger partial charge in [-0.05, 0) is 23.8 Å². The van der Waals surface area contributed by atoms with E-state index >= 15 is 0 Å². The molecule has 0 amide bonds. The molecular formula is C21H28O13. The van der Waals surface area contributed by atoms with E-state index in [-0.39, 0.29) is 18.1 Å². The van der Waals surface area contributed by atoms with Crippen LogP contribution >= 0.6 is 0 Å². The van der Waals surface area contributed by atoms with E-state index in [2.05, 4.69) is 0 Å². The Morgan fingerprint density at radius 1 is 1.03 bits per heavy atom. The smallest absolute Gasteiger partial charge is 0.333 e. The van der Waals surface area contributed by atoms with Gasteiger partial charge in [0, 0.05) is 6.08 Å². The second-order valence-corrected chi connectivity index (χ2v) is 7.80. The zero-order valence-electron chi connectivity index (χ0n) is 18.1. The summed E-state index contributed by atoms with van der Waals surface area (Å²) in [7, 11) is 1.37. The first-order chi connectivity index (χ1) is 16.1. The highest BCUT2D eigenvalue weighted by Crippen LogP contribution is 2.27. The van der Waals surface area contributed by atoms with Crippen molar-refractivity contribution in [1.29, 1.82) is 0 Å². The van der Waals surface area contributed by atoms with Crippen molar-refractivity contribution in [1.82, 2.24) is 0 Å². The molecule has 2 heterocycles. The standard InChI is InChI=1S/C21H28O13/c1-30-12-6-9(2-4-10(12)22)3-5-14(24)34-21-19(29)17(27)16(26)13(33-21)8-32-20-18(28)15(25)11(23)7-31-20/h2-6,11,13,15-23,25-29H,7-8H2,1H3. The van der Waals surface area contributed by atoms with E-state index in [1.165, 1.54) is 31.4 Å². The lowest BCUT2D eigenvalue weighted by atomic mass is 9.99. The highest BCUT2D eigenvalue weighted by atomic mass is 16.7. The van der Waals surface area contributed by atoms with Gasteiger partial charge >= 0.3 is 5.97 Å². The molecule has 1 aromatic carbocycles. The van der Waals surface area contributed by atoms with Gasteiger partial charge < -0.3 is 59.4 Å². The number of hydrogen-bond acceptors (Lipinski definition) is 13. The lowest BCUT2D eigenvalue weighted by molar-refractivity contribution is -0.314. The van der Waals surface area contributed by atoms with E-state index in [4.69, 9.17) is 23.7 Å². The van der Waals surface area contributed by atoms with E-state index in [1.807, 2.05) is 0 Å². The number of phenols is 1. The van der Waals surface area contributed by atoms with Crippen molar-refractivity contribution in [3.05, 3.63) is 29.8 Å². The van der Waals surface area contributed by atoms with E-state index in [1.54, 1.807) is 0 Å². The Hall–Kier alpha value is -2.33. The number of methoxy groups -OCH3 is 1. The monoisotopic (exact) mass is 488 g/mol. The predicted octanol–water partition coefficient (Wildman–Crippen LogP) is -2.78. The van der Waals surface area contributed by atoms with Gasteiger partial charge in [0.2, 0.25) is 6.29 Å². The molecule has 2 saturated heterocycles. The van der Waals surface area contributed by atoms with Gasteiger partial charge in [0.05, 0.1) is 20.3 Å². The summed E-state index contributed by atoms with van der Waals surface area (Å²) in [4.78, 5) is 12.2. The molecule has 1 aromatic rings. The van der Waals surface area contributed by atoms with Crippen molar-refractivity contribution in [3.8, 4) is 11.5 Å². The van der Waals surface area contributed by atoms with Crippen molar-refractivity contribution in [2.75, 3.05) is 20.3 Å². The van der Waals surface area contributed by atoms with Crippen LogP contribution in [0, 0.1) is 0 Å². The molecular weight excluding hydrogens is 460 g/mol. The van der Waals surface area contributed by atoms with E-state index in [0.29, 0.717) is 5.56 Å². The van der Waals surface area contributed by atoms with E-state index in [9.17, 15) is 40.5 Å². The number of carbonyl (C=O) groups is 1. The van der Waals surface area contributed by atoms with Crippen molar-refractivity contribution < 1.29 is 64.2 Å². The summed E-state index contributed by atoms with van der Waals surface area (Å²) in [5.41, 5.74) is 0.497. The number of carbonyl (C=O) groups excluding carboxylic acids is 1. The summed E-state index contributed by atoms with van der Waals surface area (Å²) in [6.07, 6.45) is -11.5. The molecule has 13 heteroatoms. The fourth-order valence-electron chi connectivity index (χ4n) is 3.38. The SMILES string of the molecule is COc1cc(C=CC(=O)OC2OC(COC3OCC(O)C(O)C3O)C(O)C(O)C2O)ccc1O. The topological polar surface area (TPSA) is 205 Å². The highest BCUT2D eigenvalue weighted by Gasteiger charge is 2.46. The molecule has 0 aromatic heterocycles. The largest absolute Gasteiger partial charge is 0.504 e. The van der Waals surface area contributed by atoms with Crippen LogP contribution in [0.1, 0.15) is 5.56 Å². The van der Waals surface area contributed by atoms with Gasteiger partial charge in [-0.25, -0.2) is 4.79 Å². The van der Waals surface area contributed by atoms with Crippen LogP contribution in [0.5, 0.6) is 11.5 Å². The molecule has 2 aliphatic rings. The number of aliphatic hydroxyl groups is 6. The van der Waals surface area contributed by atoms with Crippen LogP contribution in [0.3, 0.4) is 0 Å². The molecule has 2 fully saturated rings. The first kappa shape index (κ1) is 26.3. The zero-order chi connectivity index (χ0) is 25.0. The van der Waals surface area contributed by atoms with Gasteiger partial charge in [0.15, 0.2) is 17.8 Å². The number of ether oxygens (including phenoxy) is 5. The molecule has 13 nitrogen and oxygen atoms in total. The molecule has 190 valence electrons. The number of benzene rings is 1. The maximum Gasteiger partial charge on any atom is 0.333 e. The Bertz CT molecular complexity index is 861. The third kappa shape index (κ3) is 6.02. The van der Waals surface area contributed by atoms with Crippen LogP contribution in [-0.4, -0.2) is 117 Å². The average molecular weight is 488 g/mol. The molecule has 3 rings (SSSR count). The number of aromatic hydroxyl groups is 1. The van der Waals surface area contributed by atoms with Gasteiger partial charge in [0.1, 0.15) is 42.7 Å². The Kier molecular flexibility index (Phi) is 8.81. The second-order valence-electron chi connectivity index (χ2n) is 7.80. The van der Waals surface area contributed by atoms with Crippen LogP contribution in [0.25, 0.3) is 6.08 Å². The van der Waals surface area contributed by atoms with Crippen LogP contribution in [0.15, 0.2) is 24.3 Å². The Balaban J connectivity index is 1.59. The van der Waals surface area contributed by atoms with Gasteiger partial charge in [0.25, 0.3) is 0 Å². The average Bonchev–Trinajstić information content (AvgIpc) is 2.82.